The Morgan fingerprint density at radius 3 is 2.43 bits per heavy atom. The molecule has 0 saturated heterocycles. The van der Waals surface area contributed by atoms with Crippen LogP contribution in [0.3, 0.4) is 0 Å². The van der Waals surface area contributed by atoms with E-state index in [-0.39, 0.29) is 0 Å². The van der Waals surface area contributed by atoms with E-state index < -0.39 is 16.2 Å². The Labute approximate surface area is 62.0 Å². The molecule has 0 aliphatic rings. The second kappa shape index (κ2) is 5.62. The van der Waals surface area contributed by atoms with Gasteiger partial charge < -0.3 is 0 Å². The van der Waals surface area contributed by atoms with Crippen molar-refractivity contribution in [2.45, 2.75) is 24.2 Å². The molecule has 1 N–H and O–H groups in total. The molecule has 0 amide bonds. The van der Waals surface area contributed by atoms with E-state index >= 15 is 0 Å². The maximum atomic E-state index is 8.88. The van der Waals surface area contributed by atoms with E-state index in [0.29, 0.717) is 0 Å². The van der Waals surface area contributed by atoms with Crippen LogP contribution in [0.2, 0.25) is 4.44 Å². The van der Waals surface area contributed by atoms with Gasteiger partial charge in [-0.15, -0.1) is 0 Å². The third-order valence-electron chi connectivity index (χ3n) is 0.796. The van der Waals surface area contributed by atoms with Crippen molar-refractivity contribution in [1.29, 1.82) is 0 Å². The van der Waals surface area contributed by atoms with E-state index in [2.05, 4.69) is 25.6 Å². The van der Waals surface area contributed by atoms with Gasteiger partial charge in [-0.25, -0.2) is 0 Å². The van der Waals surface area contributed by atoms with Crippen LogP contribution in [-0.4, -0.2) is 19.6 Å². The van der Waals surface area contributed by atoms with E-state index in [1.54, 1.807) is 0 Å². The van der Waals surface area contributed by atoms with Gasteiger partial charge in [-0.3, -0.25) is 0 Å². The number of hydrogen-bond donors (Lipinski definition) is 1. The zero-order valence-corrected chi connectivity index (χ0v) is 9.98. The predicted molar refractivity (Wildman–Crippen MR) is 43.1 cm³/mol. The zero-order chi connectivity index (χ0) is 5.70. The van der Waals surface area contributed by atoms with Gasteiger partial charge in [0.05, 0.1) is 0 Å². The number of rotatable bonds is 3. The molecule has 7 heavy (non-hydrogen) atoms. The first kappa shape index (κ1) is 8.49. The summed E-state index contributed by atoms with van der Waals surface area (Å²) in [6.45, 7) is 2.16. The molecule has 0 aliphatic heterocycles. The second-order valence-corrected chi connectivity index (χ2v) is 15.3. The van der Waals surface area contributed by atoms with Gasteiger partial charge in [-0.1, -0.05) is 0 Å². The molecule has 1 unspecified atom stereocenters. The van der Waals surface area contributed by atoms with E-state index in [4.69, 9.17) is 3.44 Å². The number of halogens is 1. The molecular formula is C4H11IOSn. The Hall–Kier alpha value is 1.49. The molecule has 0 fully saturated rings. The van der Waals surface area contributed by atoms with Crippen LogP contribution in [0, 0.1) is 0 Å². The van der Waals surface area contributed by atoms with Crippen molar-refractivity contribution in [3.8, 4) is 0 Å². The monoisotopic (exact) mass is 322 g/mol. The van der Waals surface area contributed by atoms with Gasteiger partial charge in [0.2, 0.25) is 0 Å². The minimum atomic E-state index is -1.78. The molecule has 0 aromatic rings. The van der Waals surface area contributed by atoms with E-state index in [0.717, 1.165) is 4.44 Å². The van der Waals surface area contributed by atoms with E-state index in [1.807, 2.05) is 0 Å². The fourth-order valence-corrected chi connectivity index (χ4v) is 5.45. The van der Waals surface area contributed by atoms with Crippen LogP contribution in [0.25, 0.3) is 0 Å². The quantitative estimate of drug-likeness (QED) is 0.616. The topological polar surface area (TPSA) is 20.2 Å². The van der Waals surface area contributed by atoms with Crippen molar-refractivity contribution < 1.29 is 3.44 Å². The summed E-state index contributed by atoms with van der Waals surface area (Å²) in [4.78, 5) is 0. The summed E-state index contributed by atoms with van der Waals surface area (Å²) in [6.07, 6.45) is 2.47. The Morgan fingerprint density at radius 2 is 2.29 bits per heavy atom. The third-order valence-corrected chi connectivity index (χ3v) is 7.50. The average molecular weight is 321 g/mol. The molecular weight excluding hydrogens is 310 g/mol. The molecule has 1 atom stereocenters. The molecule has 3 heteroatoms. The Balaban J connectivity index is 2.68. The van der Waals surface area contributed by atoms with Gasteiger partial charge in [-0.2, -0.15) is 0 Å². The molecule has 0 heterocycles. The Bertz CT molecular complexity index is 40.7. The van der Waals surface area contributed by atoms with Crippen LogP contribution in [0.5, 0.6) is 0 Å². The van der Waals surface area contributed by atoms with Crippen molar-refractivity contribution in [2.24, 2.45) is 0 Å². The van der Waals surface area contributed by atoms with Crippen molar-refractivity contribution in [1.82, 2.24) is 0 Å². The Kier molecular flexibility index (Phi) is 6.82. The molecule has 44 valence electrons. The first-order valence-corrected chi connectivity index (χ1v) is 16.0. The zero-order valence-electron chi connectivity index (χ0n) is 4.52. The summed E-state index contributed by atoms with van der Waals surface area (Å²) in [5.41, 5.74) is 0. The van der Waals surface area contributed by atoms with Crippen LogP contribution in [0.4, 0.5) is 0 Å². The van der Waals surface area contributed by atoms with Crippen LogP contribution < -0.4 is 0 Å². The summed E-state index contributed by atoms with van der Waals surface area (Å²) < 4.78 is 10.0. The Morgan fingerprint density at radius 1 is 1.71 bits per heavy atom. The van der Waals surface area contributed by atoms with Crippen LogP contribution >= 0.6 is 18.6 Å². The SMILES string of the molecule is CCC[CH2][SnH]([OH])[I]. The van der Waals surface area contributed by atoms with Crippen molar-refractivity contribution in [3.63, 3.8) is 0 Å². The normalized spacial score (nSPS) is 14.1. The first-order chi connectivity index (χ1) is 3.27. The standard InChI is InChI=1S/C4H9.HI.H2O.Sn.H/c1-3-4-2;;;;/h1,3-4H2,2H3;1H;1H2;;/q;;;+2;/p-2. The van der Waals surface area contributed by atoms with Crippen LogP contribution in [0.1, 0.15) is 19.8 Å². The summed E-state index contributed by atoms with van der Waals surface area (Å²) in [7, 11) is 0. The average Bonchev–Trinajstić information content (AvgIpc) is 1.61. The van der Waals surface area contributed by atoms with E-state index in [9.17, 15) is 0 Å². The van der Waals surface area contributed by atoms with Gasteiger partial charge in [0.1, 0.15) is 0 Å². The maximum absolute atomic E-state index is 8.88. The molecule has 0 radical (unpaired) electrons. The molecule has 0 aromatic carbocycles. The summed E-state index contributed by atoms with van der Waals surface area (Å²) in [6, 6.07) is 0. The van der Waals surface area contributed by atoms with Crippen molar-refractivity contribution in [3.05, 3.63) is 0 Å². The summed E-state index contributed by atoms with van der Waals surface area (Å²) in [5, 5.41) is 0. The molecule has 0 saturated carbocycles. The van der Waals surface area contributed by atoms with Crippen LogP contribution in [0.15, 0.2) is 0 Å². The molecule has 1 nitrogen and oxygen atoms in total. The minimum absolute atomic E-state index is 1.15. The molecule has 0 aliphatic carbocycles. The third kappa shape index (κ3) is 7.49. The van der Waals surface area contributed by atoms with Gasteiger partial charge in [-0.05, 0) is 0 Å². The fraction of sp³-hybridized carbons (Fsp3) is 1.00. The summed E-state index contributed by atoms with van der Waals surface area (Å²) in [5.74, 6) is 0. The molecule has 0 rings (SSSR count). The predicted octanol–water partition coefficient (Wildman–Crippen LogP) is 1.43. The van der Waals surface area contributed by atoms with Crippen molar-refractivity contribution in [2.75, 3.05) is 0 Å². The van der Waals surface area contributed by atoms with Gasteiger partial charge in [0.15, 0.2) is 0 Å². The molecule has 0 aromatic heterocycles. The second-order valence-electron chi connectivity index (χ2n) is 1.58. The van der Waals surface area contributed by atoms with Gasteiger partial charge in [0.25, 0.3) is 0 Å². The first-order valence-electron chi connectivity index (χ1n) is 2.59. The van der Waals surface area contributed by atoms with Crippen molar-refractivity contribution >= 4 is 34.8 Å². The number of hydrogen-bond acceptors (Lipinski definition) is 1. The molecule has 0 spiro atoms. The van der Waals surface area contributed by atoms with Crippen LogP contribution in [-0.2, 0) is 0 Å². The summed E-state index contributed by atoms with van der Waals surface area (Å²) >= 11 is 0.455. The van der Waals surface area contributed by atoms with Gasteiger partial charge in [0, 0.05) is 0 Å². The van der Waals surface area contributed by atoms with E-state index in [1.165, 1.54) is 12.8 Å². The number of unbranched alkanes of at least 4 members (excludes halogenated alkanes) is 1. The fourth-order valence-electron chi connectivity index (χ4n) is 0.373. The van der Waals surface area contributed by atoms with Gasteiger partial charge >= 0.3 is 62.5 Å². The molecule has 0 bridgehead atoms.